The van der Waals surface area contributed by atoms with Gasteiger partial charge in [-0.15, -0.1) is 0 Å². The predicted octanol–water partition coefficient (Wildman–Crippen LogP) is 3.92. The van der Waals surface area contributed by atoms with Gasteiger partial charge < -0.3 is 21.5 Å². The van der Waals surface area contributed by atoms with E-state index in [1.165, 1.54) is 39.3 Å². The maximum Gasteiger partial charge on any atom is 0.242 e. The minimum Gasteiger partial charge on any atom is -0.493 e. The minimum absolute atomic E-state index is 0.0212. The number of sulfonamides is 1. The first-order valence-corrected chi connectivity index (χ1v) is 12.8. The number of anilines is 3. The number of carbonyl (C=O) groups is 1. The molecule has 0 fully saturated rings. The van der Waals surface area contributed by atoms with Crippen molar-refractivity contribution in [3.63, 3.8) is 0 Å². The van der Waals surface area contributed by atoms with Crippen LogP contribution in [0.3, 0.4) is 0 Å². The third kappa shape index (κ3) is 7.00. The highest BCUT2D eigenvalue weighted by molar-refractivity contribution is 7.89. The Bertz CT molecular complexity index is 1310. The van der Waals surface area contributed by atoms with Gasteiger partial charge in [0.25, 0.3) is 0 Å². The molecule has 12 heteroatoms. The van der Waals surface area contributed by atoms with E-state index in [4.69, 9.17) is 10.5 Å². The van der Waals surface area contributed by atoms with Crippen LogP contribution in [-0.4, -0.2) is 51.2 Å². The number of pyridine rings is 1. The molecule has 0 bridgehead atoms. The van der Waals surface area contributed by atoms with Gasteiger partial charge in [-0.25, -0.2) is 26.5 Å². The van der Waals surface area contributed by atoms with Crippen LogP contribution in [0, 0.1) is 11.6 Å². The van der Waals surface area contributed by atoms with Gasteiger partial charge in [-0.1, -0.05) is 19.4 Å². The molecule has 0 amide bonds. The molecular formula is C25H31F2N5O4S. The van der Waals surface area contributed by atoms with Crippen molar-refractivity contribution in [3.05, 3.63) is 71.3 Å². The molecule has 0 unspecified atom stereocenters. The first-order valence-electron chi connectivity index (χ1n) is 11.4. The molecule has 0 radical (unpaired) electrons. The minimum atomic E-state index is -3.59. The second-order valence-electron chi connectivity index (χ2n) is 7.83. The van der Waals surface area contributed by atoms with Crippen molar-refractivity contribution < 1.29 is 26.7 Å². The lowest BCUT2D eigenvalue weighted by atomic mass is 10.0. The number of unbranched alkanes of at least 4 members (excludes halogenated alkanes) is 1. The lowest BCUT2D eigenvalue weighted by Gasteiger charge is -2.16. The Morgan fingerprint density at radius 2 is 1.65 bits per heavy atom. The fraction of sp³-hybridized carbons (Fsp3) is 0.280. The summed E-state index contributed by atoms with van der Waals surface area (Å²) in [4.78, 5) is 17.3. The first-order chi connectivity index (χ1) is 17.6. The van der Waals surface area contributed by atoms with Gasteiger partial charge in [-0.3, -0.25) is 4.79 Å². The van der Waals surface area contributed by atoms with E-state index in [9.17, 15) is 22.0 Å². The molecule has 0 saturated heterocycles. The van der Waals surface area contributed by atoms with Crippen LogP contribution in [0.15, 0.2) is 53.4 Å². The Morgan fingerprint density at radius 3 is 2.19 bits per heavy atom. The zero-order chi connectivity index (χ0) is 27.8. The number of nitrogens with two attached hydrogens (primary N) is 2. The van der Waals surface area contributed by atoms with Gasteiger partial charge in [0.1, 0.15) is 34.6 Å². The van der Waals surface area contributed by atoms with Crippen LogP contribution in [-0.2, 0) is 10.0 Å². The molecule has 0 saturated carbocycles. The Balaban J connectivity index is 0.00000235. The molecule has 0 aliphatic carbocycles. The first kappa shape index (κ1) is 29.6. The van der Waals surface area contributed by atoms with Crippen molar-refractivity contribution in [2.75, 3.05) is 38.8 Å². The number of nitrogens with one attached hydrogen (secondary N) is 1. The number of halogens is 2. The van der Waals surface area contributed by atoms with E-state index < -0.39 is 33.0 Å². The number of ketones is 1. The number of hydrogen-bond donors (Lipinski definition) is 3. The topological polar surface area (TPSA) is 141 Å². The summed E-state index contributed by atoms with van der Waals surface area (Å²) in [5.74, 6) is -3.09. The summed E-state index contributed by atoms with van der Waals surface area (Å²) < 4.78 is 59.9. The van der Waals surface area contributed by atoms with Gasteiger partial charge in [0.2, 0.25) is 15.8 Å². The maximum absolute atomic E-state index is 14.3. The maximum atomic E-state index is 14.3. The monoisotopic (exact) mass is 535 g/mol. The van der Waals surface area contributed by atoms with Crippen molar-refractivity contribution in [2.45, 2.75) is 24.7 Å². The number of nitrogens with zero attached hydrogens (tertiary/aromatic N) is 2. The average molecular weight is 536 g/mol. The molecular weight excluding hydrogens is 504 g/mol. The lowest BCUT2D eigenvalue weighted by molar-refractivity contribution is 0.102. The molecule has 9 nitrogen and oxygen atoms in total. The highest BCUT2D eigenvalue weighted by Gasteiger charge is 2.26. The molecule has 200 valence electrons. The van der Waals surface area contributed by atoms with Crippen LogP contribution < -0.4 is 21.5 Å². The van der Waals surface area contributed by atoms with Gasteiger partial charge in [-0.2, -0.15) is 0 Å². The van der Waals surface area contributed by atoms with Crippen LogP contribution in [0.5, 0.6) is 5.75 Å². The summed E-state index contributed by atoms with van der Waals surface area (Å²) in [5.41, 5.74) is 10.0. The van der Waals surface area contributed by atoms with Gasteiger partial charge in [-0.05, 0) is 49.9 Å². The molecule has 0 atom stereocenters. The summed E-state index contributed by atoms with van der Waals surface area (Å²) in [6, 6.07) is 10.5. The molecule has 0 aliphatic heterocycles. The Labute approximate surface area is 215 Å². The third-order valence-electron chi connectivity index (χ3n) is 5.09. The van der Waals surface area contributed by atoms with E-state index in [1.54, 1.807) is 12.1 Å². The average Bonchev–Trinajstić information content (AvgIpc) is 2.85. The number of benzene rings is 2. The zero-order valence-electron chi connectivity index (χ0n) is 21.1. The van der Waals surface area contributed by atoms with Crippen LogP contribution in [0.1, 0.15) is 35.7 Å². The molecule has 5 N–H and O–H groups in total. The van der Waals surface area contributed by atoms with Gasteiger partial charge in [0.15, 0.2) is 0 Å². The smallest absolute Gasteiger partial charge is 0.242 e. The number of ether oxygens (including phenoxy) is 1. The lowest BCUT2D eigenvalue weighted by Crippen LogP contribution is -2.22. The Kier molecular flexibility index (Phi) is 10.5. The fourth-order valence-electron chi connectivity index (χ4n) is 3.18. The fourth-order valence-corrected chi connectivity index (χ4v) is 4.08. The third-order valence-corrected chi connectivity index (χ3v) is 6.92. The van der Waals surface area contributed by atoms with E-state index in [2.05, 4.69) is 16.0 Å². The molecule has 37 heavy (non-hydrogen) atoms. The number of rotatable bonds is 10. The highest BCUT2D eigenvalue weighted by Crippen LogP contribution is 2.32. The van der Waals surface area contributed by atoms with Crippen LogP contribution in [0.2, 0.25) is 0 Å². The van der Waals surface area contributed by atoms with Crippen molar-refractivity contribution in [1.29, 1.82) is 0 Å². The number of carbonyl (C=O) groups excluding carboxylic acids is 1. The Hall–Kier alpha value is -3.61. The summed E-state index contributed by atoms with van der Waals surface area (Å²) in [7, 11) is 0.779. The predicted molar refractivity (Wildman–Crippen MR) is 140 cm³/mol. The molecule has 1 aromatic heterocycles. The molecule has 0 aliphatic rings. The van der Waals surface area contributed by atoms with Crippen molar-refractivity contribution in [2.24, 2.45) is 5.73 Å². The van der Waals surface area contributed by atoms with Crippen molar-refractivity contribution in [1.82, 2.24) is 9.29 Å². The summed E-state index contributed by atoms with van der Waals surface area (Å²) in [6.45, 7) is 2.20. The number of nitrogen functional groups attached to an aromatic ring is 1. The van der Waals surface area contributed by atoms with Gasteiger partial charge in [0, 0.05) is 25.8 Å². The quantitative estimate of drug-likeness (QED) is 0.262. The molecule has 2 aromatic carbocycles. The standard InChI is InChI=1S/C24H26F2N4O4S.CH5N/c1-4-5-13-34-19-14-20(28-15-9-11-16(12-10-15)35(32,33)30(2)3)29-24(27)22(19)23(31)21-17(25)7-6-8-18(21)26;1-2/h6-12,14H,4-5,13H2,1-3H3,(H3,27,28,29);2H2,1H3. The van der Waals surface area contributed by atoms with E-state index in [0.717, 1.165) is 28.9 Å². The molecule has 3 rings (SSSR count). The van der Waals surface area contributed by atoms with Gasteiger partial charge >= 0.3 is 0 Å². The zero-order valence-corrected chi connectivity index (χ0v) is 21.9. The second kappa shape index (κ2) is 13.1. The highest BCUT2D eigenvalue weighted by atomic mass is 32.2. The largest absolute Gasteiger partial charge is 0.493 e. The summed E-state index contributed by atoms with van der Waals surface area (Å²) in [5, 5.41) is 2.97. The van der Waals surface area contributed by atoms with Crippen molar-refractivity contribution >= 4 is 33.1 Å². The SMILES string of the molecule is CCCCOc1cc(Nc2ccc(S(=O)(=O)N(C)C)cc2)nc(N)c1C(=O)c1c(F)cccc1F.CN. The second-order valence-corrected chi connectivity index (χ2v) is 9.98. The molecule has 1 heterocycles. The summed E-state index contributed by atoms with van der Waals surface area (Å²) >= 11 is 0. The normalized spacial score (nSPS) is 11.0. The number of aromatic nitrogens is 1. The van der Waals surface area contributed by atoms with Crippen LogP contribution in [0.25, 0.3) is 0 Å². The van der Waals surface area contributed by atoms with Crippen molar-refractivity contribution in [3.8, 4) is 5.75 Å². The van der Waals surface area contributed by atoms with E-state index in [1.807, 2.05) is 6.92 Å². The number of hydrogen-bond acceptors (Lipinski definition) is 8. The van der Waals surface area contributed by atoms with E-state index in [-0.39, 0.29) is 34.5 Å². The summed E-state index contributed by atoms with van der Waals surface area (Å²) in [6.07, 6.45) is 1.49. The van der Waals surface area contributed by atoms with Crippen LogP contribution in [0.4, 0.5) is 26.1 Å². The molecule has 3 aromatic rings. The van der Waals surface area contributed by atoms with Gasteiger partial charge in [0.05, 0.1) is 17.1 Å². The molecule has 0 spiro atoms. The Morgan fingerprint density at radius 1 is 1.05 bits per heavy atom. The van der Waals surface area contributed by atoms with Crippen LogP contribution >= 0.6 is 0 Å². The van der Waals surface area contributed by atoms with E-state index >= 15 is 0 Å². The van der Waals surface area contributed by atoms with E-state index in [0.29, 0.717) is 12.1 Å².